The van der Waals surface area contributed by atoms with Gasteiger partial charge < -0.3 is 9.80 Å². The molecule has 94 valence electrons. The van der Waals surface area contributed by atoms with Gasteiger partial charge in [0.1, 0.15) is 0 Å². The average Bonchev–Trinajstić information content (AvgIpc) is 3.11. The molecule has 7 heteroatoms. The second-order valence-corrected chi connectivity index (χ2v) is 4.95. The summed E-state index contributed by atoms with van der Waals surface area (Å²) in [7, 11) is 0. The Morgan fingerprint density at radius 2 is 2.17 bits per heavy atom. The smallest absolute Gasteiger partial charge is 0.257 e. The van der Waals surface area contributed by atoms with Gasteiger partial charge in [-0.1, -0.05) is 0 Å². The lowest BCUT2D eigenvalue weighted by atomic mass is 10.2. The molecule has 0 bridgehead atoms. The molecule has 1 amide bonds. The van der Waals surface area contributed by atoms with E-state index >= 15 is 0 Å². The van der Waals surface area contributed by atoms with E-state index in [0.29, 0.717) is 5.56 Å². The topological polar surface area (TPSA) is 65.1 Å². The first-order chi connectivity index (χ1) is 8.84. The summed E-state index contributed by atoms with van der Waals surface area (Å²) in [5.74, 6) is 0.0440. The maximum Gasteiger partial charge on any atom is 0.257 e. The number of amides is 1. The van der Waals surface area contributed by atoms with Gasteiger partial charge in [-0.3, -0.25) is 9.89 Å². The zero-order valence-electron chi connectivity index (χ0n) is 9.74. The molecule has 2 aromatic rings. The standard InChI is InChI=1S/C11H13N5OS/c17-10(9-7-13-14-8-9)15-2-4-16(5-3-15)11-12-1-6-18-11/h1,6-8H,2-5H2,(H,13,14). The van der Waals surface area contributed by atoms with E-state index in [2.05, 4.69) is 20.1 Å². The fourth-order valence-corrected chi connectivity index (χ4v) is 2.72. The lowest BCUT2D eigenvalue weighted by Crippen LogP contribution is -2.48. The van der Waals surface area contributed by atoms with Crippen LogP contribution < -0.4 is 4.90 Å². The first-order valence-corrected chi connectivity index (χ1v) is 6.65. The van der Waals surface area contributed by atoms with Crippen molar-refractivity contribution < 1.29 is 4.79 Å². The van der Waals surface area contributed by atoms with Gasteiger partial charge in [0.05, 0.1) is 11.8 Å². The minimum Gasteiger partial charge on any atom is -0.345 e. The molecule has 1 N–H and O–H groups in total. The highest BCUT2D eigenvalue weighted by molar-refractivity contribution is 7.13. The van der Waals surface area contributed by atoms with Crippen LogP contribution >= 0.6 is 11.3 Å². The second kappa shape index (κ2) is 4.77. The molecule has 1 fully saturated rings. The number of aromatic nitrogens is 3. The van der Waals surface area contributed by atoms with Crippen molar-refractivity contribution in [2.45, 2.75) is 0 Å². The Hall–Kier alpha value is -1.89. The molecular weight excluding hydrogens is 250 g/mol. The minimum absolute atomic E-state index is 0.0440. The fraction of sp³-hybridized carbons (Fsp3) is 0.364. The number of anilines is 1. The number of rotatable bonds is 2. The summed E-state index contributed by atoms with van der Waals surface area (Å²) in [6.07, 6.45) is 5.01. The summed E-state index contributed by atoms with van der Waals surface area (Å²) >= 11 is 1.63. The summed E-state index contributed by atoms with van der Waals surface area (Å²) in [6.45, 7) is 3.11. The highest BCUT2D eigenvalue weighted by Gasteiger charge is 2.23. The number of nitrogens with one attached hydrogen (secondary N) is 1. The number of hydrogen-bond donors (Lipinski definition) is 1. The Balaban J connectivity index is 1.62. The van der Waals surface area contributed by atoms with Gasteiger partial charge in [0.15, 0.2) is 5.13 Å². The van der Waals surface area contributed by atoms with E-state index < -0.39 is 0 Å². The average molecular weight is 263 g/mol. The molecule has 1 aliphatic heterocycles. The molecular formula is C11H13N5OS. The van der Waals surface area contributed by atoms with Gasteiger partial charge in [-0.25, -0.2) is 4.98 Å². The van der Waals surface area contributed by atoms with Gasteiger partial charge in [0, 0.05) is 44.0 Å². The van der Waals surface area contributed by atoms with E-state index in [0.717, 1.165) is 31.3 Å². The molecule has 18 heavy (non-hydrogen) atoms. The van der Waals surface area contributed by atoms with Crippen LogP contribution in [0.1, 0.15) is 10.4 Å². The van der Waals surface area contributed by atoms with Crippen molar-refractivity contribution in [3.8, 4) is 0 Å². The Morgan fingerprint density at radius 3 is 2.78 bits per heavy atom. The van der Waals surface area contributed by atoms with Crippen LogP contribution in [0.2, 0.25) is 0 Å². The van der Waals surface area contributed by atoms with Crippen LogP contribution in [0.5, 0.6) is 0 Å². The summed E-state index contributed by atoms with van der Waals surface area (Å²) in [4.78, 5) is 20.4. The van der Waals surface area contributed by atoms with Crippen LogP contribution in [0, 0.1) is 0 Å². The van der Waals surface area contributed by atoms with Crippen molar-refractivity contribution in [1.29, 1.82) is 0 Å². The first kappa shape index (κ1) is 11.2. The number of carbonyl (C=O) groups is 1. The maximum atomic E-state index is 12.1. The molecule has 1 aliphatic rings. The molecule has 0 aliphatic carbocycles. The third kappa shape index (κ3) is 2.08. The molecule has 0 unspecified atom stereocenters. The molecule has 0 spiro atoms. The van der Waals surface area contributed by atoms with Crippen molar-refractivity contribution >= 4 is 22.4 Å². The van der Waals surface area contributed by atoms with Gasteiger partial charge in [0.25, 0.3) is 5.91 Å². The van der Waals surface area contributed by atoms with E-state index in [1.165, 1.54) is 0 Å². The summed E-state index contributed by atoms with van der Waals surface area (Å²) < 4.78 is 0. The fourth-order valence-electron chi connectivity index (χ4n) is 2.02. The van der Waals surface area contributed by atoms with Gasteiger partial charge in [0.2, 0.25) is 0 Å². The molecule has 2 aromatic heterocycles. The summed E-state index contributed by atoms with van der Waals surface area (Å²) in [5, 5.41) is 9.47. The first-order valence-electron chi connectivity index (χ1n) is 5.77. The minimum atomic E-state index is 0.0440. The maximum absolute atomic E-state index is 12.1. The third-order valence-electron chi connectivity index (χ3n) is 3.00. The number of nitrogens with zero attached hydrogens (tertiary/aromatic N) is 4. The molecule has 1 saturated heterocycles. The molecule has 6 nitrogen and oxygen atoms in total. The van der Waals surface area contributed by atoms with Crippen molar-refractivity contribution in [3.63, 3.8) is 0 Å². The largest absolute Gasteiger partial charge is 0.345 e. The van der Waals surface area contributed by atoms with Crippen LogP contribution in [0.3, 0.4) is 0 Å². The molecule has 0 atom stereocenters. The quantitative estimate of drug-likeness (QED) is 0.871. The third-order valence-corrected chi connectivity index (χ3v) is 3.83. The number of aromatic amines is 1. The van der Waals surface area contributed by atoms with E-state index in [1.54, 1.807) is 23.7 Å². The highest BCUT2D eigenvalue weighted by Crippen LogP contribution is 2.19. The monoisotopic (exact) mass is 263 g/mol. The van der Waals surface area contributed by atoms with Crippen LogP contribution in [0.25, 0.3) is 0 Å². The van der Waals surface area contributed by atoms with E-state index in [-0.39, 0.29) is 5.91 Å². The van der Waals surface area contributed by atoms with Gasteiger partial charge in [-0.15, -0.1) is 11.3 Å². The van der Waals surface area contributed by atoms with E-state index in [9.17, 15) is 4.79 Å². The molecule has 0 aromatic carbocycles. The highest BCUT2D eigenvalue weighted by atomic mass is 32.1. The SMILES string of the molecule is O=C(c1cn[nH]c1)N1CCN(c2nccs2)CC1. The predicted octanol–water partition coefficient (Wildman–Crippen LogP) is 0.829. The zero-order chi connectivity index (χ0) is 12.4. The van der Waals surface area contributed by atoms with Gasteiger partial charge >= 0.3 is 0 Å². The molecule has 0 radical (unpaired) electrons. The Kier molecular flexibility index (Phi) is 2.97. The van der Waals surface area contributed by atoms with Crippen molar-refractivity contribution in [2.24, 2.45) is 0 Å². The van der Waals surface area contributed by atoms with Crippen molar-refractivity contribution in [2.75, 3.05) is 31.1 Å². The van der Waals surface area contributed by atoms with Crippen molar-refractivity contribution in [3.05, 3.63) is 29.5 Å². The number of thiazole rings is 1. The van der Waals surface area contributed by atoms with Crippen LogP contribution in [0.15, 0.2) is 24.0 Å². The lowest BCUT2D eigenvalue weighted by molar-refractivity contribution is 0.0747. The number of H-pyrrole nitrogens is 1. The van der Waals surface area contributed by atoms with E-state index in [1.807, 2.05) is 16.5 Å². The lowest BCUT2D eigenvalue weighted by Gasteiger charge is -2.34. The molecule has 3 heterocycles. The summed E-state index contributed by atoms with van der Waals surface area (Å²) in [6, 6.07) is 0. The number of carbonyl (C=O) groups excluding carboxylic acids is 1. The Bertz CT molecular complexity index is 502. The Morgan fingerprint density at radius 1 is 1.33 bits per heavy atom. The Labute approximate surface area is 108 Å². The van der Waals surface area contributed by atoms with Gasteiger partial charge in [-0.2, -0.15) is 5.10 Å². The van der Waals surface area contributed by atoms with Gasteiger partial charge in [-0.05, 0) is 0 Å². The second-order valence-electron chi connectivity index (χ2n) is 4.08. The number of piperazine rings is 1. The number of hydrogen-bond acceptors (Lipinski definition) is 5. The normalized spacial score (nSPS) is 16.0. The molecule has 0 saturated carbocycles. The predicted molar refractivity (Wildman–Crippen MR) is 68.8 cm³/mol. The van der Waals surface area contributed by atoms with E-state index in [4.69, 9.17) is 0 Å². The molecule has 3 rings (SSSR count). The summed E-state index contributed by atoms with van der Waals surface area (Å²) in [5.41, 5.74) is 0.623. The van der Waals surface area contributed by atoms with Crippen LogP contribution in [0.4, 0.5) is 5.13 Å². The van der Waals surface area contributed by atoms with Crippen LogP contribution in [-0.4, -0.2) is 52.2 Å². The zero-order valence-corrected chi connectivity index (χ0v) is 10.6. The van der Waals surface area contributed by atoms with Crippen LogP contribution in [-0.2, 0) is 0 Å². The van der Waals surface area contributed by atoms with Crippen molar-refractivity contribution in [1.82, 2.24) is 20.1 Å².